The number of amides is 1. The summed E-state index contributed by atoms with van der Waals surface area (Å²) in [6.07, 6.45) is 2.72. The Balaban J connectivity index is 1.57. The molecular formula is C19H19FN2O2. The number of nitrogens with one attached hydrogen (secondary N) is 2. The van der Waals surface area contributed by atoms with Crippen LogP contribution in [0.3, 0.4) is 0 Å². The first-order chi connectivity index (χ1) is 11.7. The van der Waals surface area contributed by atoms with Crippen molar-refractivity contribution < 1.29 is 13.9 Å². The zero-order valence-corrected chi connectivity index (χ0v) is 13.4. The first-order valence-corrected chi connectivity index (χ1v) is 7.81. The van der Waals surface area contributed by atoms with Gasteiger partial charge in [0, 0.05) is 23.6 Å². The minimum absolute atomic E-state index is 0.0601. The molecule has 3 aromatic rings. The third-order valence-electron chi connectivity index (χ3n) is 3.99. The Kier molecular flexibility index (Phi) is 4.79. The van der Waals surface area contributed by atoms with Gasteiger partial charge in [-0.05, 0) is 41.8 Å². The number of hydrogen-bond donors (Lipinski definition) is 2. The maximum atomic E-state index is 13.2. The lowest BCUT2D eigenvalue weighted by atomic mass is 10.1. The smallest absolute Gasteiger partial charge is 0.224 e. The molecule has 0 atom stereocenters. The van der Waals surface area contributed by atoms with Crippen molar-refractivity contribution in [2.45, 2.75) is 12.8 Å². The summed E-state index contributed by atoms with van der Waals surface area (Å²) in [5, 5.41) is 3.79. The van der Waals surface area contributed by atoms with Gasteiger partial charge in [0.05, 0.1) is 13.5 Å². The molecule has 0 aliphatic carbocycles. The number of hydrogen-bond acceptors (Lipinski definition) is 2. The number of aromatic amines is 1. The van der Waals surface area contributed by atoms with Gasteiger partial charge >= 0.3 is 0 Å². The maximum Gasteiger partial charge on any atom is 0.224 e. The number of para-hydroxylation sites is 1. The van der Waals surface area contributed by atoms with Crippen molar-refractivity contribution >= 4 is 16.8 Å². The van der Waals surface area contributed by atoms with Crippen LogP contribution in [0.1, 0.15) is 11.1 Å². The first kappa shape index (κ1) is 16.1. The van der Waals surface area contributed by atoms with Gasteiger partial charge in [0.2, 0.25) is 5.91 Å². The lowest BCUT2D eigenvalue weighted by Gasteiger charge is -2.09. The molecule has 0 fully saturated rings. The monoisotopic (exact) mass is 326 g/mol. The van der Waals surface area contributed by atoms with E-state index in [1.165, 1.54) is 12.1 Å². The number of aromatic nitrogens is 1. The highest BCUT2D eigenvalue weighted by Crippen LogP contribution is 2.20. The van der Waals surface area contributed by atoms with Crippen LogP contribution >= 0.6 is 0 Å². The molecule has 0 aliphatic heterocycles. The number of carbonyl (C=O) groups excluding carboxylic acids is 1. The number of ether oxygens (including phenoxy) is 1. The molecule has 0 saturated carbocycles. The number of fused-ring (bicyclic) bond motifs is 1. The topological polar surface area (TPSA) is 54.1 Å². The summed E-state index contributed by atoms with van der Waals surface area (Å²) >= 11 is 0. The van der Waals surface area contributed by atoms with Crippen LogP contribution in [0.2, 0.25) is 0 Å². The van der Waals surface area contributed by atoms with Crippen LogP contribution in [0.25, 0.3) is 10.9 Å². The highest BCUT2D eigenvalue weighted by atomic mass is 19.1. The highest BCUT2D eigenvalue weighted by molar-refractivity contribution is 5.88. The second-order valence-corrected chi connectivity index (χ2v) is 5.59. The van der Waals surface area contributed by atoms with Crippen molar-refractivity contribution in [2.75, 3.05) is 13.7 Å². The van der Waals surface area contributed by atoms with Crippen molar-refractivity contribution in [1.82, 2.24) is 10.3 Å². The number of benzene rings is 2. The predicted molar refractivity (Wildman–Crippen MR) is 91.7 cm³/mol. The van der Waals surface area contributed by atoms with Gasteiger partial charge in [-0.2, -0.15) is 0 Å². The van der Waals surface area contributed by atoms with Gasteiger partial charge in [-0.15, -0.1) is 0 Å². The highest BCUT2D eigenvalue weighted by Gasteiger charge is 2.09. The van der Waals surface area contributed by atoms with E-state index < -0.39 is 0 Å². The molecule has 2 aromatic carbocycles. The third kappa shape index (κ3) is 3.56. The molecule has 0 saturated heterocycles. The summed E-state index contributed by atoms with van der Waals surface area (Å²) in [5.41, 5.74) is 2.62. The Labute approximate surface area is 139 Å². The fourth-order valence-electron chi connectivity index (χ4n) is 2.79. The van der Waals surface area contributed by atoms with Crippen LogP contribution in [0, 0.1) is 5.82 Å². The van der Waals surface area contributed by atoms with Crippen LogP contribution in [0.5, 0.6) is 5.75 Å². The molecule has 5 heteroatoms. The van der Waals surface area contributed by atoms with E-state index >= 15 is 0 Å². The van der Waals surface area contributed by atoms with Gasteiger partial charge in [-0.3, -0.25) is 4.79 Å². The second-order valence-electron chi connectivity index (χ2n) is 5.59. The molecule has 0 radical (unpaired) electrons. The molecule has 3 rings (SSSR count). The lowest BCUT2D eigenvalue weighted by molar-refractivity contribution is -0.120. The van der Waals surface area contributed by atoms with E-state index in [-0.39, 0.29) is 18.1 Å². The lowest BCUT2D eigenvalue weighted by Crippen LogP contribution is -2.27. The zero-order chi connectivity index (χ0) is 16.9. The minimum atomic E-state index is -0.294. The van der Waals surface area contributed by atoms with Gasteiger partial charge < -0.3 is 15.0 Å². The summed E-state index contributed by atoms with van der Waals surface area (Å²) in [6.45, 7) is 0.538. The van der Waals surface area contributed by atoms with E-state index in [1.54, 1.807) is 19.4 Å². The number of H-pyrrole nitrogens is 1. The molecule has 4 nitrogen and oxygen atoms in total. The number of carbonyl (C=O) groups is 1. The van der Waals surface area contributed by atoms with E-state index in [4.69, 9.17) is 4.74 Å². The molecule has 1 heterocycles. The average molecular weight is 326 g/mol. The van der Waals surface area contributed by atoms with Gasteiger partial charge in [0.1, 0.15) is 11.6 Å². The molecule has 0 aliphatic rings. The molecule has 124 valence electrons. The molecule has 2 N–H and O–H groups in total. The number of methoxy groups -OCH3 is 1. The SMILES string of the molecule is COc1ccccc1CCNC(=O)Cc1c[nH]c2cc(F)ccc12. The normalized spacial score (nSPS) is 10.8. The fraction of sp³-hybridized carbons (Fsp3) is 0.211. The Bertz CT molecular complexity index is 857. The minimum Gasteiger partial charge on any atom is -0.496 e. The van der Waals surface area contributed by atoms with Gasteiger partial charge in [0.15, 0.2) is 0 Å². The fourth-order valence-corrected chi connectivity index (χ4v) is 2.79. The van der Waals surface area contributed by atoms with Gasteiger partial charge in [-0.1, -0.05) is 18.2 Å². The van der Waals surface area contributed by atoms with Crippen molar-refractivity contribution in [3.05, 3.63) is 65.6 Å². The number of halogens is 1. The van der Waals surface area contributed by atoms with Crippen LogP contribution in [-0.4, -0.2) is 24.5 Å². The quantitative estimate of drug-likeness (QED) is 0.731. The van der Waals surface area contributed by atoms with E-state index in [0.717, 1.165) is 22.3 Å². The largest absolute Gasteiger partial charge is 0.496 e. The Morgan fingerprint density at radius 2 is 2.04 bits per heavy atom. The van der Waals surface area contributed by atoms with Gasteiger partial charge in [-0.25, -0.2) is 4.39 Å². The average Bonchev–Trinajstić information content (AvgIpc) is 2.97. The second kappa shape index (κ2) is 7.17. The Morgan fingerprint density at radius 3 is 2.88 bits per heavy atom. The molecule has 1 aromatic heterocycles. The van der Waals surface area contributed by atoms with Crippen LogP contribution < -0.4 is 10.1 Å². The summed E-state index contributed by atoms with van der Waals surface area (Å²) in [5.74, 6) is 0.470. The molecular weight excluding hydrogens is 307 g/mol. The Morgan fingerprint density at radius 1 is 1.21 bits per heavy atom. The van der Waals surface area contributed by atoms with E-state index in [0.29, 0.717) is 18.5 Å². The van der Waals surface area contributed by atoms with Crippen LogP contribution in [0.15, 0.2) is 48.7 Å². The van der Waals surface area contributed by atoms with Crippen LogP contribution in [0.4, 0.5) is 4.39 Å². The molecule has 1 amide bonds. The van der Waals surface area contributed by atoms with Crippen molar-refractivity contribution in [3.63, 3.8) is 0 Å². The molecule has 0 spiro atoms. The van der Waals surface area contributed by atoms with Crippen molar-refractivity contribution in [3.8, 4) is 5.75 Å². The summed E-state index contributed by atoms with van der Waals surface area (Å²) in [7, 11) is 1.64. The predicted octanol–water partition coefficient (Wildman–Crippen LogP) is 3.22. The van der Waals surface area contributed by atoms with E-state index in [2.05, 4.69) is 10.3 Å². The van der Waals surface area contributed by atoms with E-state index in [1.807, 2.05) is 24.3 Å². The molecule has 0 unspecified atom stereocenters. The first-order valence-electron chi connectivity index (χ1n) is 7.81. The van der Waals surface area contributed by atoms with Crippen molar-refractivity contribution in [1.29, 1.82) is 0 Å². The van der Waals surface area contributed by atoms with Crippen LogP contribution in [-0.2, 0) is 17.6 Å². The van der Waals surface area contributed by atoms with Gasteiger partial charge in [0.25, 0.3) is 0 Å². The third-order valence-corrected chi connectivity index (χ3v) is 3.99. The van der Waals surface area contributed by atoms with E-state index in [9.17, 15) is 9.18 Å². The standard InChI is InChI=1S/C19H19FN2O2/c1-24-18-5-3-2-4-13(18)8-9-21-19(23)10-14-12-22-17-11-15(20)6-7-16(14)17/h2-7,11-12,22H,8-10H2,1H3,(H,21,23). The Hall–Kier alpha value is -2.82. The number of rotatable bonds is 6. The summed E-state index contributed by atoms with van der Waals surface area (Å²) in [6, 6.07) is 12.3. The maximum absolute atomic E-state index is 13.2. The van der Waals surface area contributed by atoms with Crippen molar-refractivity contribution in [2.24, 2.45) is 0 Å². The molecule has 24 heavy (non-hydrogen) atoms. The summed E-state index contributed by atoms with van der Waals surface area (Å²) in [4.78, 5) is 15.1. The molecule has 0 bridgehead atoms. The zero-order valence-electron chi connectivity index (χ0n) is 13.4. The summed E-state index contributed by atoms with van der Waals surface area (Å²) < 4.78 is 18.5.